The molecule has 0 atom stereocenters. The largest absolute Gasteiger partial charge is 0.496 e. The Morgan fingerprint density at radius 1 is 1.07 bits per heavy atom. The van der Waals surface area contributed by atoms with Crippen LogP contribution in [0, 0.1) is 0 Å². The van der Waals surface area contributed by atoms with Gasteiger partial charge in [0.15, 0.2) is 11.5 Å². The zero-order valence-corrected chi connectivity index (χ0v) is 15.2. The van der Waals surface area contributed by atoms with E-state index in [2.05, 4.69) is 15.3 Å². The molecule has 0 aliphatic heterocycles. The summed E-state index contributed by atoms with van der Waals surface area (Å²) in [6.07, 6.45) is 0.726. The van der Waals surface area contributed by atoms with Crippen molar-refractivity contribution in [2.45, 2.75) is 6.92 Å². The van der Waals surface area contributed by atoms with Crippen molar-refractivity contribution < 1.29 is 28.5 Å². The van der Waals surface area contributed by atoms with E-state index in [1.165, 1.54) is 20.4 Å². The Labute approximate surface area is 156 Å². The van der Waals surface area contributed by atoms with E-state index in [0.717, 1.165) is 0 Å². The quantitative estimate of drug-likeness (QED) is 0.347. The number of carbonyl (C=O) groups excluding carboxylic acids is 2. The van der Waals surface area contributed by atoms with Crippen molar-refractivity contribution in [1.29, 1.82) is 0 Å². The maximum Gasteiger partial charge on any atom is 0.427 e. The van der Waals surface area contributed by atoms with Crippen LogP contribution in [-0.4, -0.2) is 39.1 Å². The Morgan fingerprint density at radius 2 is 1.85 bits per heavy atom. The van der Waals surface area contributed by atoms with Gasteiger partial charge in [-0.2, -0.15) is 5.10 Å². The molecule has 0 saturated heterocycles. The summed E-state index contributed by atoms with van der Waals surface area (Å²) in [6, 6.07) is 11.6. The molecule has 0 spiro atoms. The molecule has 0 unspecified atom stereocenters. The fourth-order valence-electron chi connectivity index (χ4n) is 2.13. The van der Waals surface area contributed by atoms with E-state index in [9.17, 15) is 9.59 Å². The van der Waals surface area contributed by atoms with E-state index in [1.54, 1.807) is 42.5 Å². The van der Waals surface area contributed by atoms with Crippen molar-refractivity contribution in [3.8, 4) is 17.2 Å². The fourth-order valence-corrected chi connectivity index (χ4v) is 2.13. The lowest BCUT2D eigenvalue weighted by Crippen LogP contribution is -2.16. The average Bonchev–Trinajstić information content (AvgIpc) is 2.69. The van der Waals surface area contributed by atoms with Crippen LogP contribution in [0.25, 0.3) is 0 Å². The first-order chi connectivity index (χ1) is 13.1. The number of para-hydroxylation sites is 1. The number of ether oxygens (including phenoxy) is 4. The standard InChI is InChI=1S/C19H20N2O6/c1-4-26-17-11-13(12-20-21-19(23)25-3)9-10-16(17)27-18(22)14-7-5-6-8-15(14)24-2/h5-12H,4H2,1-3H3,(H,21,23)/b20-12+. The molecule has 0 saturated carbocycles. The van der Waals surface area contributed by atoms with Gasteiger partial charge >= 0.3 is 12.1 Å². The summed E-state index contributed by atoms with van der Waals surface area (Å²) in [7, 11) is 2.72. The second kappa shape index (κ2) is 9.81. The van der Waals surface area contributed by atoms with Crippen molar-refractivity contribution in [3.05, 3.63) is 53.6 Å². The molecule has 0 aliphatic carbocycles. The maximum atomic E-state index is 12.5. The third-order valence-corrected chi connectivity index (χ3v) is 3.35. The number of carbonyl (C=O) groups is 2. The van der Waals surface area contributed by atoms with Crippen LogP contribution in [0.15, 0.2) is 47.6 Å². The number of nitrogens with zero attached hydrogens (tertiary/aromatic N) is 1. The molecule has 0 fully saturated rings. The first-order valence-electron chi connectivity index (χ1n) is 8.08. The summed E-state index contributed by atoms with van der Waals surface area (Å²) in [5.74, 6) is 0.467. The highest BCUT2D eigenvalue weighted by Gasteiger charge is 2.16. The second-order valence-electron chi connectivity index (χ2n) is 5.09. The molecule has 0 heterocycles. The van der Waals surface area contributed by atoms with E-state index in [-0.39, 0.29) is 5.75 Å². The number of rotatable bonds is 7. The Hall–Kier alpha value is -3.55. The van der Waals surface area contributed by atoms with Gasteiger partial charge in [-0.25, -0.2) is 15.0 Å². The molecule has 2 rings (SSSR count). The zero-order valence-electron chi connectivity index (χ0n) is 15.2. The van der Waals surface area contributed by atoms with Crippen LogP contribution in [0.1, 0.15) is 22.8 Å². The molecule has 27 heavy (non-hydrogen) atoms. The van der Waals surface area contributed by atoms with Crippen LogP contribution >= 0.6 is 0 Å². The SMILES string of the molecule is CCOc1cc(/C=N/NC(=O)OC)ccc1OC(=O)c1ccccc1OC. The van der Waals surface area contributed by atoms with E-state index in [1.807, 2.05) is 6.92 Å². The molecule has 0 aliphatic rings. The second-order valence-corrected chi connectivity index (χ2v) is 5.09. The Morgan fingerprint density at radius 3 is 2.56 bits per heavy atom. The number of hydrogen-bond donors (Lipinski definition) is 1. The molecule has 1 amide bonds. The molecule has 2 aromatic carbocycles. The van der Waals surface area contributed by atoms with Crippen molar-refractivity contribution in [3.63, 3.8) is 0 Å². The van der Waals surface area contributed by atoms with Gasteiger partial charge in [-0.05, 0) is 42.8 Å². The normalized spacial score (nSPS) is 10.3. The van der Waals surface area contributed by atoms with Crippen LogP contribution in [0.4, 0.5) is 4.79 Å². The molecular weight excluding hydrogens is 352 g/mol. The summed E-state index contributed by atoms with van der Waals surface area (Å²) >= 11 is 0. The van der Waals surface area contributed by atoms with E-state index in [0.29, 0.717) is 29.2 Å². The van der Waals surface area contributed by atoms with Crippen LogP contribution in [0.3, 0.4) is 0 Å². The van der Waals surface area contributed by atoms with Crippen molar-refractivity contribution in [1.82, 2.24) is 5.43 Å². The highest BCUT2D eigenvalue weighted by molar-refractivity contribution is 5.94. The van der Waals surface area contributed by atoms with Crippen LogP contribution in [0.2, 0.25) is 0 Å². The number of nitrogens with one attached hydrogen (secondary N) is 1. The zero-order chi connectivity index (χ0) is 19.6. The minimum atomic E-state index is -0.682. The van der Waals surface area contributed by atoms with Gasteiger partial charge in [-0.1, -0.05) is 12.1 Å². The van der Waals surface area contributed by atoms with E-state index in [4.69, 9.17) is 14.2 Å². The number of esters is 1. The fraction of sp³-hybridized carbons (Fsp3) is 0.211. The predicted octanol–water partition coefficient (Wildman–Crippen LogP) is 3.00. The predicted molar refractivity (Wildman–Crippen MR) is 98.7 cm³/mol. The number of hydrogen-bond acceptors (Lipinski definition) is 7. The van der Waals surface area contributed by atoms with Crippen LogP contribution in [-0.2, 0) is 4.74 Å². The molecule has 1 N–H and O–H groups in total. The summed E-state index contributed by atoms with van der Waals surface area (Å²) in [6.45, 7) is 2.19. The Bertz CT molecular complexity index is 835. The number of hydrazone groups is 1. The van der Waals surface area contributed by atoms with Crippen LogP contribution < -0.4 is 19.6 Å². The molecule has 8 nitrogen and oxygen atoms in total. The van der Waals surface area contributed by atoms with Gasteiger partial charge in [-0.15, -0.1) is 0 Å². The Balaban J connectivity index is 2.20. The highest BCUT2D eigenvalue weighted by atomic mass is 16.6. The molecule has 0 aromatic heterocycles. The molecule has 0 bridgehead atoms. The third-order valence-electron chi connectivity index (χ3n) is 3.35. The van der Waals surface area contributed by atoms with Gasteiger partial charge < -0.3 is 18.9 Å². The van der Waals surface area contributed by atoms with Crippen molar-refractivity contribution in [2.75, 3.05) is 20.8 Å². The Kier molecular flexibility index (Phi) is 7.18. The van der Waals surface area contributed by atoms with Gasteiger partial charge in [-0.3, -0.25) is 0 Å². The van der Waals surface area contributed by atoms with E-state index < -0.39 is 12.1 Å². The lowest BCUT2D eigenvalue weighted by molar-refractivity contribution is 0.0725. The summed E-state index contributed by atoms with van der Waals surface area (Å²) < 4.78 is 20.6. The van der Waals surface area contributed by atoms with Crippen molar-refractivity contribution >= 4 is 18.3 Å². The number of benzene rings is 2. The maximum absolute atomic E-state index is 12.5. The first-order valence-corrected chi connectivity index (χ1v) is 8.08. The molecular formula is C19H20N2O6. The summed E-state index contributed by atoms with van der Waals surface area (Å²) in [5, 5.41) is 3.75. The van der Waals surface area contributed by atoms with Gasteiger partial charge in [0.2, 0.25) is 0 Å². The minimum Gasteiger partial charge on any atom is -0.496 e. The lowest BCUT2D eigenvalue weighted by atomic mass is 10.2. The number of methoxy groups -OCH3 is 2. The molecule has 8 heteroatoms. The van der Waals surface area contributed by atoms with Gasteiger partial charge in [0.05, 0.1) is 27.0 Å². The molecule has 142 valence electrons. The summed E-state index contributed by atoms with van der Waals surface area (Å²) in [5.41, 5.74) is 3.11. The van der Waals surface area contributed by atoms with Crippen LogP contribution in [0.5, 0.6) is 17.2 Å². The smallest absolute Gasteiger partial charge is 0.427 e. The lowest BCUT2D eigenvalue weighted by Gasteiger charge is -2.12. The topological polar surface area (TPSA) is 95.5 Å². The molecule has 0 radical (unpaired) electrons. The van der Waals surface area contributed by atoms with Gasteiger partial charge in [0.1, 0.15) is 11.3 Å². The van der Waals surface area contributed by atoms with Gasteiger partial charge in [0.25, 0.3) is 0 Å². The van der Waals surface area contributed by atoms with Crippen molar-refractivity contribution in [2.24, 2.45) is 5.10 Å². The first kappa shape index (κ1) is 19.8. The highest BCUT2D eigenvalue weighted by Crippen LogP contribution is 2.30. The van der Waals surface area contributed by atoms with Gasteiger partial charge in [0, 0.05) is 0 Å². The summed E-state index contributed by atoms with van der Waals surface area (Å²) in [4.78, 5) is 23.5. The number of amides is 1. The third kappa shape index (κ3) is 5.46. The monoisotopic (exact) mass is 372 g/mol. The van der Waals surface area contributed by atoms with E-state index >= 15 is 0 Å². The average molecular weight is 372 g/mol. The molecule has 2 aromatic rings. The minimum absolute atomic E-state index is 0.255.